The molecular formula is C12H15N5O3. The van der Waals surface area contributed by atoms with Gasteiger partial charge in [-0.25, -0.2) is 10.5 Å². The van der Waals surface area contributed by atoms with Gasteiger partial charge < -0.3 is 9.47 Å². The second kappa shape index (κ2) is 6.64. The number of para-hydroxylation sites is 1. The van der Waals surface area contributed by atoms with E-state index in [1.165, 1.54) is 13.4 Å². The van der Waals surface area contributed by atoms with Crippen LogP contribution in [-0.4, -0.2) is 40.5 Å². The van der Waals surface area contributed by atoms with Crippen LogP contribution < -0.4 is 16.0 Å². The number of carbonyl (C=O) groups excluding carboxylic acids is 1. The minimum absolute atomic E-state index is 0.0446. The Kier molecular flexibility index (Phi) is 4.64. The van der Waals surface area contributed by atoms with Crippen molar-refractivity contribution in [3.63, 3.8) is 0 Å². The highest BCUT2D eigenvalue weighted by atomic mass is 16.5. The summed E-state index contributed by atoms with van der Waals surface area (Å²) < 4.78 is 11.8. The van der Waals surface area contributed by atoms with E-state index in [1.54, 1.807) is 4.68 Å². The Morgan fingerprint density at radius 2 is 2.20 bits per heavy atom. The van der Waals surface area contributed by atoms with Crippen molar-refractivity contribution in [1.82, 2.24) is 20.2 Å². The number of benzene rings is 1. The van der Waals surface area contributed by atoms with Gasteiger partial charge in [0.15, 0.2) is 0 Å². The average Bonchev–Trinajstić information content (AvgIpc) is 2.95. The lowest BCUT2D eigenvalue weighted by Gasteiger charge is -2.13. The molecule has 20 heavy (non-hydrogen) atoms. The van der Waals surface area contributed by atoms with Crippen LogP contribution >= 0.6 is 0 Å². The molecule has 0 radical (unpaired) electrons. The van der Waals surface area contributed by atoms with E-state index in [4.69, 9.17) is 15.3 Å². The molecule has 2 rings (SSSR count). The number of hydrazine groups is 1. The van der Waals surface area contributed by atoms with Gasteiger partial charge in [0.1, 0.15) is 6.33 Å². The maximum Gasteiger partial charge on any atom is 0.336 e. The highest BCUT2D eigenvalue weighted by molar-refractivity contribution is 5.80. The Bertz CT molecular complexity index is 557. The number of methoxy groups -OCH3 is 1. The van der Waals surface area contributed by atoms with Crippen molar-refractivity contribution in [2.75, 3.05) is 13.7 Å². The van der Waals surface area contributed by atoms with E-state index < -0.39 is 12.0 Å². The molecule has 0 aliphatic carbocycles. The van der Waals surface area contributed by atoms with Crippen molar-refractivity contribution < 1.29 is 14.3 Å². The number of hydrogen-bond acceptors (Lipinski definition) is 6. The third-order valence-corrected chi connectivity index (χ3v) is 2.49. The molecule has 1 atom stereocenters. The summed E-state index contributed by atoms with van der Waals surface area (Å²) >= 11 is 0. The maximum absolute atomic E-state index is 11.5. The molecule has 8 heteroatoms. The fourth-order valence-corrected chi connectivity index (χ4v) is 1.54. The van der Waals surface area contributed by atoms with Gasteiger partial charge >= 0.3 is 6.01 Å². The zero-order chi connectivity index (χ0) is 14.4. The standard InChI is InChI=1S/C12H15N5O3/c1-19-7-10(11(18)15-13)20-12-14-8-17(16-12)9-5-3-2-4-6-9/h2-6,8,10H,7,13H2,1H3,(H,15,18). The summed E-state index contributed by atoms with van der Waals surface area (Å²) in [5, 5.41) is 4.13. The largest absolute Gasteiger partial charge is 0.446 e. The lowest BCUT2D eigenvalue weighted by molar-refractivity contribution is -0.130. The van der Waals surface area contributed by atoms with Crippen LogP contribution in [0.3, 0.4) is 0 Å². The fourth-order valence-electron chi connectivity index (χ4n) is 1.54. The van der Waals surface area contributed by atoms with Crippen LogP contribution in [0, 0.1) is 0 Å². The van der Waals surface area contributed by atoms with Gasteiger partial charge in [-0.2, -0.15) is 4.98 Å². The zero-order valence-electron chi connectivity index (χ0n) is 10.9. The molecule has 0 spiro atoms. The lowest BCUT2D eigenvalue weighted by Crippen LogP contribution is -2.44. The van der Waals surface area contributed by atoms with E-state index in [2.05, 4.69) is 10.1 Å². The van der Waals surface area contributed by atoms with E-state index in [0.717, 1.165) is 5.69 Å². The molecule has 0 aliphatic heterocycles. The van der Waals surface area contributed by atoms with Gasteiger partial charge in [0.25, 0.3) is 5.91 Å². The highest BCUT2D eigenvalue weighted by Gasteiger charge is 2.21. The predicted molar refractivity (Wildman–Crippen MR) is 70.0 cm³/mol. The van der Waals surface area contributed by atoms with E-state index in [9.17, 15) is 4.79 Å². The third kappa shape index (κ3) is 3.31. The predicted octanol–water partition coefficient (Wildman–Crippen LogP) is -0.349. The Labute approximate surface area is 115 Å². The molecule has 1 heterocycles. The van der Waals surface area contributed by atoms with Crippen molar-refractivity contribution in [1.29, 1.82) is 0 Å². The molecule has 0 bridgehead atoms. The molecule has 1 aromatic carbocycles. The highest BCUT2D eigenvalue weighted by Crippen LogP contribution is 2.09. The summed E-state index contributed by atoms with van der Waals surface area (Å²) in [6.45, 7) is 0.0446. The second-order valence-corrected chi connectivity index (χ2v) is 3.88. The number of nitrogens with zero attached hydrogens (tertiary/aromatic N) is 3. The molecule has 0 fully saturated rings. The lowest BCUT2D eigenvalue weighted by atomic mass is 10.3. The molecule has 8 nitrogen and oxygen atoms in total. The SMILES string of the molecule is COCC(Oc1ncn(-c2ccccc2)n1)C(=O)NN. The normalized spacial score (nSPS) is 11.9. The Morgan fingerprint density at radius 3 is 2.85 bits per heavy atom. The fraction of sp³-hybridized carbons (Fsp3) is 0.250. The zero-order valence-corrected chi connectivity index (χ0v) is 10.9. The molecule has 1 aromatic heterocycles. The van der Waals surface area contributed by atoms with Crippen LogP contribution in [-0.2, 0) is 9.53 Å². The van der Waals surface area contributed by atoms with Crippen LogP contribution in [0.25, 0.3) is 5.69 Å². The first-order valence-electron chi connectivity index (χ1n) is 5.87. The summed E-state index contributed by atoms with van der Waals surface area (Å²) in [5.74, 6) is 4.56. The smallest absolute Gasteiger partial charge is 0.336 e. The van der Waals surface area contributed by atoms with Gasteiger partial charge in [0.05, 0.1) is 12.3 Å². The van der Waals surface area contributed by atoms with Crippen LogP contribution in [0.2, 0.25) is 0 Å². The van der Waals surface area contributed by atoms with Crippen LogP contribution in [0.15, 0.2) is 36.7 Å². The van der Waals surface area contributed by atoms with Crippen molar-refractivity contribution in [2.45, 2.75) is 6.10 Å². The van der Waals surface area contributed by atoms with Crippen molar-refractivity contribution in [3.8, 4) is 11.7 Å². The molecule has 0 aliphatic rings. The average molecular weight is 277 g/mol. The van der Waals surface area contributed by atoms with Crippen LogP contribution in [0.1, 0.15) is 0 Å². The van der Waals surface area contributed by atoms with Crippen molar-refractivity contribution in [3.05, 3.63) is 36.7 Å². The molecule has 0 saturated heterocycles. The monoisotopic (exact) mass is 277 g/mol. The number of amides is 1. The summed E-state index contributed by atoms with van der Waals surface area (Å²) in [6, 6.07) is 9.48. The number of nitrogens with two attached hydrogens (primary N) is 1. The number of carbonyl (C=O) groups is 1. The van der Waals surface area contributed by atoms with E-state index in [-0.39, 0.29) is 12.6 Å². The quantitative estimate of drug-likeness (QED) is 0.425. The maximum atomic E-state index is 11.5. The number of nitrogens with one attached hydrogen (secondary N) is 1. The minimum atomic E-state index is -0.906. The Balaban J connectivity index is 2.10. The van der Waals surface area contributed by atoms with Gasteiger partial charge in [-0.1, -0.05) is 18.2 Å². The first-order valence-corrected chi connectivity index (χ1v) is 5.87. The molecule has 0 saturated carbocycles. The molecule has 3 N–H and O–H groups in total. The first-order chi connectivity index (χ1) is 9.74. The number of hydrogen-bond donors (Lipinski definition) is 2. The molecule has 1 unspecified atom stereocenters. The number of ether oxygens (including phenoxy) is 2. The van der Waals surface area contributed by atoms with Crippen LogP contribution in [0.4, 0.5) is 0 Å². The molecule has 106 valence electrons. The Morgan fingerprint density at radius 1 is 1.45 bits per heavy atom. The van der Waals surface area contributed by atoms with E-state index in [0.29, 0.717) is 0 Å². The van der Waals surface area contributed by atoms with Gasteiger partial charge in [-0.15, -0.1) is 5.10 Å². The second-order valence-electron chi connectivity index (χ2n) is 3.88. The molecule has 1 amide bonds. The van der Waals surface area contributed by atoms with Gasteiger partial charge in [-0.3, -0.25) is 10.2 Å². The summed E-state index contributed by atoms with van der Waals surface area (Å²) in [5.41, 5.74) is 2.84. The summed E-state index contributed by atoms with van der Waals surface area (Å²) in [6.07, 6.45) is 0.589. The van der Waals surface area contributed by atoms with E-state index >= 15 is 0 Å². The first kappa shape index (κ1) is 14.0. The van der Waals surface area contributed by atoms with Gasteiger partial charge in [0, 0.05) is 7.11 Å². The topological polar surface area (TPSA) is 104 Å². The molecule has 2 aromatic rings. The van der Waals surface area contributed by atoms with Crippen molar-refractivity contribution >= 4 is 5.91 Å². The number of rotatable bonds is 6. The number of aromatic nitrogens is 3. The van der Waals surface area contributed by atoms with Crippen LogP contribution in [0.5, 0.6) is 6.01 Å². The molecular weight excluding hydrogens is 262 g/mol. The Hall–Kier alpha value is -2.45. The van der Waals surface area contributed by atoms with E-state index in [1.807, 2.05) is 35.8 Å². The van der Waals surface area contributed by atoms with Gasteiger partial charge in [0.2, 0.25) is 6.10 Å². The summed E-state index contributed by atoms with van der Waals surface area (Å²) in [4.78, 5) is 15.5. The van der Waals surface area contributed by atoms with Crippen molar-refractivity contribution in [2.24, 2.45) is 5.84 Å². The summed E-state index contributed by atoms with van der Waals surface area (Å²) in [7, 11) is 1.45. The third-order valence-electron chi connectivity index (χ3n) is 2.49. The van der Waals surface area contributed by atoms with Gasteiger partial charge in [-0.05, 0) is 12.1 Å². The minimum Gasteiger partial charge on any atom is -0.446 e.